The molecule has 0 saturated heterocycles. The second kappa shape index (κ2) is 4.92. The molecule has 0 aliphatic carbocycles. The van der Waals surface area contributed by atoms with Crippen molar-refractivity contribution in [1.82, 2.24) is 0 Å². The molecular formula is C20H17NO. The molecule has 4 aromatic rings. The summed E-state index contributed by atoms with van der Waals surface area (Å²) in [5.41, 5.74) is 5.83. The Hall–Kier alpha value is -2.74. The molecule has 2 nitrogen and oxygen atoms in total. The molecule has 1 heterocycles. The molecule has 0 bridgehead atoms. The third-order valence-corrected chi connectivity index (χ3v) is 3.83. The first-order valence-corrected chi connectivity index (χ1v) is 7.38. The lowest BCUT2D eigenvalue weighted by molar-refractivity contribution is 0.670. The van der Waals surface area contributed by atoms with Crippen molar-refractivity contribution in [3.8, 4) is 0 Å². The van der Waals surface area contributed by atoms with Crippen LogP contribution in [0.2, 0.25) is 0 Å². The van der Waals surface area contributed by atoms with Crippen molar-refractivity contribution >= 4 is 33.3 Å². The second-order valence-corrected chi connectivity index (χ2v) is 5.70. The number of furan rings is 1. The van der Waals surface area contributed by atoms with E-state index in [9.17, 15) is 0 Å². The molecule has 22 heavy (non-hydrogen) atoms. The van der Waals surface area contributed by atoms with Gasteiger partial charge in [0.1, 0.15) is 5.58 Å². The molecule has 2 heteroatoms. The first-order valence-electron chi connectivity index (χ1n) is 7.88. The van der Waals surface area contributed by atoms with Crippen LogP contribution in [0.5, 0.6) is 0 Å². The summed E-state index contributed by atoms with van der Waals surface area (Å²) in [5.74, 6) is 0. The predicted octanol–water partition coefficient (Wildman–Crippen LogP) is 5.95. The number of rotatable bonds is 2. The van der Waals surface area contributed by atoms with E-state index >= 15 is 0 Å². The number of para-hydroxylation sites is 2. The van der Waals surface area contributed by atoms with Gasteiger partial charge in [0.15, 0.2) is 5.58 Å². The van der Waals surface area contributed by atoms with Crippen molar-refractivity contribution in [3.05, 3.63) is 71.8 Å². The fourth-order valence-corrected chi connectivity index (χ4v) is 2.98. The molecular weight excluding hydrogens is 270 g/mol. The van der Waals surface area contributed by atoms with E-state index in [4.69, 9.17) is 5.79 Å². The van der Waals surface area contributed by atoms with Crippen molar-refractivity contribution < 1.29 is 5.79 Å². The average molecular weight is 288 g/mol. The SMILES string of the molecule is [2H]c1cccc2c1oc1c(Nc3cc(C)cc(C)c3)cccc12. The van der Waals surface area contributed by atoms with Crippen molar-refractivity contribution in [2.45, 2.75) is 13.8 Å². The molecule has 0 unspecified atom stereocenters. The van der Waals surface area contributed by atoms with Gasteiger partial charge in [-0.2, -0.15) is 0 Å². The predicted molar refractivity (Wildman–Crippen MR) is 92.9 cm³/mol. The third-order valence-electron chi connectivity index (χ3n) is 3.83. The summed E-state index contributed by atoms with van der Waals surface area (Å²) in [6.45, 7) is 4.18. The largest absolute Gasteiger partial charge is 0.454 e. The van der Waals surface area contributed by atoms with Gasteiger partial charge in [0.25, 0.3) is 0 Å². The van der Waals surface area contributed by atoms with Crippen LogP contribution < -0.4 is 5.32 Å². The number of benzene rings is 3. The molecule has 1 aromatic heterocycles. The topological polar surface area (TPSA) is 25.2 Å². The van der Waals surface area contributed by atoms with Crippen LogP contribution >= 0.6 is 0 Å². The minimum absolute atomic E-state index is 0.413. The van der Waals surface area contributed by atoms with Crippen molar-refractivity contribution in [3.63, 3.8) is 0 Å². The van der Waals surface area contributed by atoms with E-state index in [0.717, 1.165) is 27.7 Å². The Morgan fingerprint density at radius 1 is 0.909 bits per heavy atom. The standard InChI is InChI=1S/C20H17NO/c1-13-10-14(2)12-15(11-13)21-18-8-5-7-17-16-6-3-4-9-19(16)22-20(17)18/h3-12,21H,1-2H3/i9D. The number of hydrogen-bond acceptors (Lipinski definition) is 2. The summed E-state index contributed by atoms with van der Waals surface area (Å²) in [7, 11) is 0. The number of anilines is 2. The highest BCUT2D eigenvalue weighted by Crippen LogP contribution is 2.34. The third kappa shape index (κ3) is 2.13. The molecule has 108 valence electrons. The minimum Gasteiger partial charge on any atom is -0.454 e. The van der Waals surface area contributed by atoms with Crippen LogP contribution in [-0.2, 0) is 0 Å². The monoisotopic (exact) mass is 288 g/mol. The Labute approximate surface area is 130 Å². The van der Waals surface area contributed by atoms with Gasteiger partial charge >= 0.3 is 0 Å². The normalized spacial score (nSPS) is 11.8. The molecule has 0 fully saturated rings. The average Bonchev–Trinajstić information content (AvgIpc) is 2.88. The van der Waals surface area contributed by atoms with Gasteiger partial charge in [0.2, 0.25) is 0 Å². The zero-order valence-corrected chi connectivity index (χ0v) is 12.6. The second-order valence-electron chi connectivity index (χ2n) is 5.70. The fraction of sp³-hybridized carbons (Fsp3) is 0.100. The molecule has 0 amide bonds. The van der Waals surface area contributed by atoms with Crippen LogP contribution in [0.25, 0.3) is 21.9 Å². The van der Waals surface area contributed by atoms with Gasteiger partial charge in [-0.05, 0) is 49.2 Å². The maximum atomic E-state index is 8.03. The quantitative estimate of drug-likeness (QED) is 0.493. The van der Waals surface area contributed by atoms with Crippen molar-refractivity contribution in [2.24, 2.45) is 0 Å². The van der Waals surface area contributed by atoms with Crippen LogP contribution in [-0.4, -0.2) is 0 Å². The number of nitrogens with one attached hydrogen (secondary N) is 1. The molecule has 0 saturated carbocycles. The highest BCUT2D eigenvalue weighted by molar-refractivity contribution is 6.09. The molecule has 0 aliphatic rings. The van der Waals surface area contributed by atoms with Gasteiger partial charge in [-0.25, -0.2) is 0 Å². The number of aryl methyl sites for hydroxylation is 2. The maximum Gasteiger partial charge on any atom is 0.158 e. The summed E-state index contributed by atoms with van der Waals surface area (Å²) in [5, 5.41) is 5.47. The van der Waals surface area contributed by atoms with Crippen LogP contribution in [0.15, 0.2) is 65.1 Å². The lowest BCUT2D eigenvalue weighted by Crippen LogP contribution is -1.92. The summed E-state index contributed by atoms with van der Waals surface area (Å²) < 4.78 is 14.0. The summed E-state index contributed by atoms with van der Waals surface area (Å²) in [6.07, 6.45) is 0. The molecule has 0 spiro atoms. The van der Waals surface area contributed by atoms with E-state index in [2.05, 4.69) is 37.4 Å². The number of hydrogen-bond donors (Lipinski definition) is 1. The lowest BCUT2D eigenvalue weighted by atomic mass is 10.1. The molecule has 3 aromatic carbocycles. The number of fused-ring (bicyclic) bond motifs is 3. The van der Waals surface area contributed by atoms with Gasteiger partial charge < -0.3 is 9.73 Å². The molecule has 4 rings (SSSR count). The molecule has 1 N–H and O–H groups in total. The summed E-state index contributed by atoms with van der Waals surface area (Å²) in [4.78, 5) is 0. The Bertz CT molecular complexity index is 1010. The first-order chi connectivity index (χ1) is 11.1. The van der Waals surface area contributed by atoms with Crippen molar-refractivity contribution in [1.29, 1.82) is 0 Å². The Morgan fingerprint density at radius 2 is 1.68 bits per heavy atom. The Morgan fingerprint density at radius 3 is 2.50 bits per heavy atom. The van der Waals surface area contributed by atoms with E-state index in [-0.39, 0.29) is 0 Å². The van der Waals surface area contributed by atoms with Crippen LogP contribution in [0.1, 0.15) is 12.5 Å². The van der Waals surface area contributed by atoms with E-state index in [1.807, 2.05) is 30.3 Å². The summed E-state index contributed by atoms with van der Waals surface area (Å²) >= 11 is 0. The zero-order valence-electron chi connectivity index (χ0n) is 13.6. The highest BCUT2D eigenvalue weighted by atomic mass is 16.3. The first kappa shape index (κ1) is 11.9. The zero-order chi connectivity index (χ0) is 16.0. The fourth-order valence-electron chi connectivity index (χ4n) is 2.98. The van der Waals surface area contributed by atoms with E-state index in [1.165, 1.54) is 11.1 Å². The minimum atomic E-state index is 0.413. The van der Waals surface area contributed by atoms with Gasteiger partial charge in [-0.15, -0.1) is 0 Å². The van der Waals surface area contributed by atoms with E-state index in [0.29, 0.717) is 11.6 Å². The molecule has 0 radical (unpaired) electrons. The van der Waals surface area contributed by atoms with Crippen molar-refractivity contribution in [2.75, 3.05) is 5.32 Å². The van der Waals surface area contributed by atoms with Gasteiger partial charge in [0.05, 0.1) is 7.06 Å². The van der Waals surface area contributed by atoms with Crippen LogP contribution in [0.4, 0.5) is 11.4 Å². The van der Waals surface area contributed by atoms with Gasteiger partial charge in [0, 0.05) is 16.5 Å². The van der Waals surface area contributed by atoms with E-state index in [1.54, 1.807) is 6.07 Å². The molecule has 0 atom stereocenters. The maximum absolute atomic E-state index is 8.03. The van der Waals surface area contributed by atoms with Crippen LogP contribution in [0, 0.1) is 13.8 Å². The smallest absolute Gasteiger partial charge is 0.158 e. The summed E-state index contributed by atoms with van der Waals surface area (Å²) in [6, 6.07) is 18.5. The molecule has 0 aliphatic heterocycles. The Balaban J connectivity index is 1.90. The van der Waals surface area contributed by atoms with Gasteiger partial charge in [-0.3, -0.25) is 0 Å². The lowest BCUT2D eigenvalue weighted by Gasteiger charge is -2.09. The highest BCUT2D eigenvalue weighted by Gasteiger charge is 2.10. The Kier molecular flexibility index (Phi) is 2.65. The van der Waals surface area contributed by atoms with Crippen LogP contribution in [0.3, 0.4) is 0 Å². The van der Waals surface area contributed by atoms with E-state index < -0.39 is 0 Å². The van der Waals surface area contributed by atoms with Gasteiger partial charge in [-0.1, -0.05) is 36.4 Å².